The van der Waals surface area contributed by atoms with E-state index in [0.717, 1.165) is 17.0 Å². The van der Waals surface area contributed by atoms with E-state index in [1.807, 2.05) is 56.3 Å². The van der Waals surface area contributed by atoms with Crippen LogP contribution in [0.3, 0.4) is 0 Å². The van der Waals surface area contributed by atoms with Crippen LogP contribution < -0.4 is 15.4 Å². The smallest absolute Gasteiger partial charge is 0.342 e. The van der Waals surface area contributed by atoms with E-state index in [2.05, 4.69) is 15.6 Å². The van der Waals surface area contributed by atoms with E-state index >= 15 is 0 Å². The maximum atomic E-state index is 12.5. The average molecular weight is 405 g/mol. The molecule has 7 heteroatoms. The molecule has 3 aromatic rings. The molecule has 1 aromatic heterocycles. The molecule has 3 rings (SSSR count). The van der Waals surface area contributed by atoms with Gasteiger partial charge in [0.2, 0.25) is 0 Å². The van der Waals surface area contributed by atoms with Gasteiger partial charge in [-0.1, -0.05) is 18.2 Å². The van der Waals surface area contributed by atoms with E-state index in [1.165, 1.54) is 0 Å². The molecule has 0 aliphatic carbocycles. The highest BCUT2D eigenvalue weighted by molar-refractivity contribution is 5.98. The van der Waals surface area contributed by atoms with Crippen molar-refractivity contribution in [3.63, 3.8) is 0 Å². The molecule has 1 heterocycles. The standard InChI is InChI=1S/C23H23N3O4/c1-3-29-18-12-10-17(11-13-18)25-22-19(8-6-14-24-22)23(28)30-15-21(27)26-20-9-5-4-7-16(20)2/h4-14H,3,15H2,1-2H3,(H,24,25)(H,26,27). The van der Waals surface area contributed by atoms with Crippen molar-refractivity contribution in [1.29, 1.82) is 0 Å². The Bertz CT molecular complexity index is 1020. The Morgan fingerprint density at radius 1 is 1.00 bits per heavy atom. The number of para-hydroxylation sites is 1. The second-order valence-corrected chi connectivity index (χ2v) is 6.42. The number of hydrogen-bond acceptors (Lipinski definition) is 6. The van der Waals surface area contributed by atoms with Gasteiger partial charge in [0.25, 0.3) is 5.91 Å². The van der Waals surface area contributed by atoms with Crippen LogP contribution >= 0.6 is 0 Å². The predicted octanol–water partition coefficient (Wildman–Crippen LogP) is 4.33. The van der Waals surface area contributed by atoms with E-state index < -0.39 is 18.5 Å². The number of carbonyl (C=O) groups is 2. The number of hydrogen-bond donors (Lipinski definition) is 2. The fourth-order valence-electron chi connectivity index (χ4n) is 2.72. The van der Waals surface area contributed by atoms with Gasteiger partial charge >= 0.3 is 5.97 Å². The van der Waals surface area contributed by atoms with Crippen molar-refractivity contribution < 1.29 is 19.1 Å². The lowest BCUT2D eigenvalue weighted by Crippen LogP contribution is -2.21. The molecule has 7 nitrogen and oxygen atoms in total. The Morgan fingerprint density at radius 2 is 1.77 bits per heavy atom. The van der Waals surface area contributed by atoms with Gasteiger partial charge in [0, 0.05) is 17.6 Å². The minimum absolute atomic E-state index is 0.232. The number of nitrogens with zero attached hydrogens (tertiary/aromatic N) is 1. The molecule has 154 valence electrons. The van der Waals surface area contributed by atoms with E-state index in [0.29, 0.717) is 18.1 Å². The van der Waals surface area contributed by atoms with E-state index in [-0.39, 0.29) is 5.56 Å². The van der Waals surface area contributed by atoms with Gasteiger partial charge < -0.3 is 20.1 Å². The molecule has 0 fully saturated rings. The van der Waals surface area contributed by atoms with Gasteiger partial charge in [-0.25, -0.2) is 9.78 Å². The molecule has 0 unspecified atom stereocenters. The molecule has 2 N–H and O–H groups in total. The highest BCUT2D eigenvalue weighted by Crippen LogP contribution is 2.22. The molecule has 1 amide bonds. The molecule has 2 aromatic carbocycles. The zero-order valence-corrected chi connectivity index (χ0v) is 16.8. The summed E-state index contributed by atoms with van der Waals surface area (Å²) in [5.41, 5.74) is 2.57. The second kappa shape index (κ2) is 10.1. The normalized spacial score (nSPS) is 10.2. The first-order chi connectivity index (χ1) is 14.6. The van der Waals surface area contributed by atoms with Gasteiger partial charge in [-0.2, -0.15) is 0 Å². The van der Waals surface area contributed by atoms with Crippen LogP contribution in [0.5, 0.6) is 5.75 Å². The third-order valence-corrected chi connectivity index (χ3v) is 4.21. The third-order valence-electron chi connectivity index (χ3n) is 4.21. The van der Waals surface area contributed by atoms with Crippen LogP contribution in [0.4, 0.5) is 17.2 Å². The van der Waals surface area contributed by atoms with Crippen molar-refractivity contribution in [2.24, 2.45) is 0 Å². The summed E-state index contributed by atoms with van der Waals surface area (Å²) < 4.78 is 10.6. The number of esters is 1. The fourth-order valence-corrected chi connectivity index (χ4v) is 2.72. The third kappa shape index (κ3) is 5.57. The summed E-state index contributed by atoms with van der Waals surface area (Å²) in [4.78, 5) is 28.9. The Morgan fingerprint density at radius 3 is 2.50 bits per heavy atom. The first-order valence-electron chi connectivity index (χ1n) is 9.54. The van der Waals surface area contributed by atoms with Crippen molar-refractivity contribution in [3.05, 3.63) is 78.0 Å². The van der Waals surface area contributed by atoms with Crippen LogP contribution in [-0.2, 0) is 9.53 Å². The lowest BCUT2D eigenvalue weighted by atomic mass is 10.2. The van der Waals surface area contributed by atoms with Crippen LogP contribution in [0.1, 0.15) is 22.8 Å². The Hall–Kier alpha value is -3.87. The topological polar surface area (TPSA) is 89.6 Å². The second-order valence-electron chi connectivity index (χ2n) is 6.42. The SMILES string of the molecule is CCOc1ccc(Nc2ncccc2C(=O)OCC(=O)Nc2ccccc2C)cc1. The summed E-state index contributed by atoms with van der Waals surface area (Å²) in [6.07, 6.45) is 1.57. The maximum Gasteiger partial charge on any atom is 0.342 e. The van der Waals surface area contributed by atoms with Gasteiger partial charge in [-0.15, -0.1) is 0 Å². The van der Waals surface area contributed by atoms with Crippen LogP contribution in [0.2, 0.25) is 0 Å². The highest BCUT2D eigenvalue weighted by atomic mass is 16.5. The lowest BCUT2D eigenvalue weighted by Gasteiger charge is -2.12. The Balaban J connectivity index is 1.62. The van der Waals surface area contributed by atoms with E-state index in [4.69, 9.17) is 9.47 Å². The minimum atomic E-state index is -0.642. The number of benzene rings is 2. The molecular formula is C23H23N3O4. The molecule has 30 heavy (non-hydrogen) atoms. The predicted molar refractivity (Wildman–Crippen MR) is 115 cm³/mol. The molecule has 0 aliphatic heterocycles. The first-order valence-corrected chi connectivity index (χ1v) is 9.54. The van der Waals surface area contributed by atoms with Crippen LogP contribution in [-0.4, -0.2) is 30.1 Å². The van der Waals surface area contributed by atoms with Gasteiger partial charge in [-0.3, -0.25) is 4.79 Å². The zero-order valence-electron chi connectivity index (χ0n) is 16.8. The minimum Gasteiger partial charge on any atom is -0.494 e. The number of anilines is 3. The van der Waals surface area contributed by atoms with Crippen LogP contribution in [0.15, 0.2) is 66.9 Å². The molecule has 0 atom stereocenters. The molecule has 0 saturated carbocycles. The van der Waals surface area contributed by atoms with Crippen molar-refractivity contribution in [2.45, 2.75) is 13.8 Å². The number of aromatic nitrogens is 1. The number of amides is 1. The number of pyridine rings is 1. The number of rotatable bonds is 8. The van der Waals surface area contributed by atoms with Gasteiger partial charge in [0.05, 0.1) is 6.61 Å². The molecule has 0 bridgehead atoms. The van der Waals surface area contributed by atoms with Crippen LogP contribution in [0.25, 0.3) is 0 Å². The molecule has 0 aliphatic rings. The molecule has 0 radical (unpaired) electrons. The van der Waals surface area contributed by atoms with Crippen molar-refractivity contribution in [3.8, 4) is 5.75 Å². The number of carbonyl (C=O) groups excluding carboxylic acids is 2. The first kappa shape index (κ1) is 20.9. The number of ether oxygens (including phenoxy) is 2. The Labute approximate surface area is 175 Å². The Kier molecular flexibility index (Phi) is 7.00. The van der Waals surface area contributed by atoms with Crippen molar-refractivity contribution in [2.75, 3.05) is 23.8 Å². The monoisotopic (exact) mass is 405 g/mol. The summed E-state index contributed by atoms with van der Waals surface area (Å²) >= 11 is 0. The van der Waals surface area contributed by atoms with E-state index in [9.17, 15) is 9.59 Å². The molecule has 0 spiro atoms. The maximum absolute atomic E-state index is 12.5. The quantitative estimate of drug-likeness (QED) is 0.542. The van der Waals surface area contributed by atoms with Crippen molar-refractivity contribution >= 4 is 29.1 Å². The summed E-state index contributed by atoms with van der Waals surface area (Å²) in [7, 11) is 0. The number of nitrogens with one attached hydrogen (secondary N) is 2. The number of aryl methyl sites for hydroxylation is 1. The molecule has 0 saturated heterocycles. The summed E-state index contributed by atoms with van der Waals surface area (Å²) in [5, 5.41) is 5.82. The highest BCUT2D eigenvalue weighted by Gasteiger charge is 2.16. The summed E-state index contributed by atoms with van der Waals surface area (Å²) in [5.74, 6) is 0.0355. The van der Waals surface area contributed by atoms with Crippen molar-refractivity contribution in [1.82, 2.24) is 4.98 Å². The summed E-state index contributed by atoms with van der Waals surface area (Å²) in [6, 6.07) is 17.9. The fraction of sp³-hybridized carbons (Fsp3) is 0.174. The summed E-state index contributed by atoms with van der Waals surface area (Å²) in [6.45, 7) is 3.99. The largest absolute Gasteiger partial charge is 0.494 e. The van der Waals surface area contributed by atoms with Gasteiger partial charge in [0.15, 0.2) is 6.61 Å². The lowest BCUT2D eigenvalue weighted by molar-refractivity contribution is -0.119. The van der Waals surface area contributed by atoms with E-state index in [1.54, 1.807) is 24.4 Å². The molecular weight excluding hydrogens is 382 g/mol. The zero-order chi connectivity index (χ0) is 21.3. The van der Waals surface area contributed by atoms with Gasteiger partial charge in [-0.05, 0) is 61.9 Å². The van der Waals surface area contributed by atoms with Gasteiger partial charge in [0.1, 0.15) is 17.1 Å². The average Bonchev–Trinajstić information content (AvgIpc) is 2.76. The van der Waals surface area contributed by atoms with Crippen LogP contribution in [0, 0.1) is 6.92 Å².